The highest BCUT2D eigenvalue weighted by atomic mass is 16.6. The Bertz CT molecular complexity index is 353. The number of carbonyl (C=O) groups is 1. The average Bonchev–Trinajstić information content (AvgIpc) is 2.48. The van der Waals surface area contributed by atoms with Crippen molar-refractivity contribution in [1.82, 2.24) is 10.5 Å². The number of hydroxylamine groups is 1. The number of oxime groups is 1. The summed E-state index contributed by atoms with van der Waals surface area (Å²) >= 11 is 0. The van der Waals surface area contributed by atoms with E-state index >= 15 is 0 Å². The summed E-state index contributed by atoms with van der Waals surface area (Å²) in [5.41, 5.74) is 1.32. The van der Waals surface area contributed by atoms with Gasteiger partial charge in [-0.2, -0.15) is 10.6 Å². The van der Waals surface area contributed by atoms with Crippen LogP contribution in [-0.4, -0.2) is 46.7 Å². The van der Waals surface area contributed by atoms with Crippen LogP contribution in [0, 0.1) is 0 Å². The predicted octanol–water partition coefficient (Wildman–Crippen LogP) is -0.0357. The van der Waals surface area contributed by atoms with E-state index in [9.17, 15) is 10.0 Å². The summed E-state index contributed by atoms with van der Waals surface area (Å²) in [5.74, 6) is -0.395. The molecule has 90 valence electrons. The summed E-state index contributed by atoms with van der Waals surface area (Å²) in [7, 11) is 1.51. The minimum Gasteiger partial charge on any atom is -0.396 e. The lowest BCUT2D eigenvalue weighted by atomic mass is 9.90. The maximum atomic E-state index is 11.9. The van der Waals surface area contributed by atoms with E-state index < -0.39 is 11.4 Å². The van der Waals surface area contributed by atoms with E-state index in [2.05, 4.69) is 10.3 Å². The number of nitrogens with one attached hydrogen (secondary N) is 1. The zero-order valence-corrected chi connectivity index (χ0v) is 9.81. The maximum Gasteiger partial charge on any atom is 0.276 e. The molecule has 0 aromatic rings. The molecule has 0 saturated carbocycles. The highest BCUT2D eigenvalue weighted by molar-refractivity contribution is 6.32. The van der Waals surface area contributed by atoms with Gasteiger partial charge in [0.1, 0.15) is 6.61 Å². The highest BCUT2D eigenvalue weighted by Crippen LogP contribution is 2.21. The molecule has 1 rings (SSSR count). The summed E-state index contributed by atoms with van der Waals surface area (Å²) in [5, 5.41) is 18.1. The number of carbonyl (C=O) groups excluding carboxylic acids is 1. The zero-order valence-electron chi connectivity index (χ0n) is 9.81. The molecule has 0 radical (unpaired) electrons. The maximum absolute atomic E-state index is 11.9. The summed E-state index contributed by atoms with van der Waals surface area (Å²) < 4.78 is 0. The molecule has 1 atom stereocenters. The van der Waals surface area contributed by atoms with Gasteiger partial charge in [0.15, 0.2) is 0 Å². The van der Waals surface area contributed by atoms with E-state index in [4.69, 9.17) is 4.84 Å². The standard InChI is InChI=1S/C9H16N4O3/c1-5-16-11-7(3)9(12-15)6(2)10-13(4)8(9)14/h12,15H,5H2,1-4H3/b11-7+. The first-order chi connectivity index (χ1) is 7.50. The first kappa shape index (κ1) is 12.6. The van der Waals surface area contributed by atoms with E-state index in [0.717, 1.165) is 5.01 Å². The van der Waals surface area contributed by atoms with Gasteiger partial charge in [-0.3, -0.25) is 4.79 Å². The number of hydrazone groups is 1. The first-order valence-electron chi connectivity index (χ1n) is 4.92. The first-order valence-corrected chi connectivity index (χ1v) is 4.92. The Morgan fingerprint density at radius 1 is 1.75 bits per heavy atom. The third-order valence-corrected chi connectivity index (χ3v) is 2.50. The van der Waals surface area contributed by atoms with Crippen LogP contribution < -0.4 is 5.48 Å². The van der Waals surface area contributed by atoms with Crippen molar-refractivity contribution in [1.29, 1.82) is 0 Å². The molecule has 1 unspecified atom stereocenters. The van der Waals surface area contributed by atoms with Gasteiger partial charge in [0.05, 0.1) is 11.4 Å². The molecule has 1 aliphatic rings. The van der Waals surface area contributed by atoms with Crippen LogP contribution >= 0.6 is 0 Å². The highest BCUT2D eigenvalue weighted by Gasteiger charge is 2.51. The van der Waals surface area contributed by atoms with Crippen molar-refractivity contribution in [3.8, 4) is 0 Å². The Balaban J connectivity index is 3.12. The number of rotatable bonds is 4. The van der Waals surface area contributed by atoms with Crippen molar-refractivity contribution in [3.05, 3.63) is 0 Å². The molecule has 0 aromatic heterocycles. The fourth-order valence-electron chi connectivity index (χ4n) is 1.60. The molecule has 2 N–H and O–H groups in total. The minimum absolute atomic E-state index is 0.312. The number of nitrogens with zero attached hydrogens (tertiary/aromatic N) is 3. The van der Waals surface area contributed by atoms with E-state index in [-0.39, 0.29) is 0 Å². The van der Waals surface area contributed by atoms with E-state index in [0.29, 0.717) is 18.0 Å². The number of likely N-dealkylation sites (N-methyl/N-ethyl adjacent to an activating group) is 1. The third kappa shape index (κ3) is 1.68. The van der Waals surface area contributed by atoms with Gasteiger partial charge in [0, 0.05) is 7.05 Å². The largest absolute Gasteiger partial charge is 0.396 e. The van der Waals surface area contributed by atoms with Crippen LogP contribution in [0.25, 0.3) is 0 Å². The molecule has 1 heterocycles. The molecule has 0 bridgehead atoms. The summed E-state index contributed by atoms with van der Waals surface area (Å²) in [4.78, 5) is 16.8. The molecule has 7 nitrogen and oxygen atoms in total. The SMILES string of the molecule is CCO/N=C(\C)C1(NO)C(=O)N(C)N=C1C. The molecule has 0 aliphatic carbocycles. The normalized spacial score (nSPS) is 26.1. The van der Waals surface area contributed by atoms with E-state index in [1.165, 1.54) is 7.05 Å². The van der Waals surface area contributed by atoms with Crippen molar-refractivity contribution in [2.45, 2.75) is 26.3 Å². The Hall–Kier alpha value is -1.47. The second-order valence-electron chi connectivity index (χ2n) is 3.47. The smallest absolute Gasteiger partial charge is 0.276 e. The molecule has 0 saturated heterocycles. The van der Waals surface area contributed by atoms with Gasteiger partial charge in [-0.05, 0) is 20.8 Å². The van der Waals surface area contributed by atoms with Gasteiger partial charge in [-0.15, -0.1) is 0 Å². The van der Waals surface area contributed by atoms with Gasteiger partial charge in [-0.25, -0.2) is 5.01 Å². The fourth-order valence-corrected chi connectivity index (χ4v) is 1.60. The van der Waals surface area contributed by atoms with Crippen LogP contribution in [0.1, 0.15) is 20.8 Å². The molecule has 0 spiro atoms. The Morgan fingerprint density at radius 3 is 2.75 bits per heavy atom. The van der Waals surface area contributed by atoms with Crippen molar-refractivity contribution >= 4 is 17.3 Å². The fraction of sp³-hybridized carbons (Fsp3) is 0.667. The summed E-state index contributed by atoms with van der Waals surface area (Å²) in [6.07, 6.45) is 0. The average molecular weight is 228 g/mol. The van der Waals surface area contributed by atoms with Crippen LogP contribution in [0.15, 0.2) is 10.3 Å². The van der Waals surface area contributed by atoms with Crippen LogP contribution in [0.4, 0.5) is 0 Å². The van der Waals surface area contributed by atoms with Crippen molar-refractivity contribution in [2.75, 3.05) is 13.7 Å². The monoisotopic (exact) mass is 228 g/mol. The number of hydrogen-bond donors (Lipinski definition) is 2. The predicted molar refractivity (Wildman–Crippen MR) is 58.3 cm³/mol. The Kier molecular flexibility index (Phi) is 3.61. The quantitative estimate of drug-likeness (QED) is 0.522. The van der Waals surface area contributed by atoms with E-state index in [1.807, 2.05) is 5.48 Å². The molecule has 16 heavy (non-hydrogen) atoms. The van der Waals surface area contributed by atoms with Crippen LogP contribution in [0.2, 0.25) is 0 Å². The molecule has 1 aliphatic heterocycles. The van der Waals surface area contributed by atoms with Crippen molar-refractivity contribution < 1.29 is 14.8 Å². The van der Waals surface area contributed by atoms with Crippen molar-refractivity contribution in [2.24, 2.45) is 10.3 Å². The zero-order chi connectivity index (χ0) is 12.3. The molecule has 0 fully saturated rings. The lowest BCUT2D eigenvalue weighted by Gasteiger charge is -2.24. The van der Waals surface area contributed by atoms with Gasteiger partial charge in [0.25, 0.3) is 5.91 Å². The second-order valence-corrected chi connectivity index (χ2v) is 3.47. The summed E-state index contributed by atoms with van der Waals surface area (Å²) in [6, 6.07) is 0. The lowest BCUT2D eigenvalue weighted by Crippen LogP contribution is -2.60. The summed E-state index contributed by atoms with van der Waals surface area (Å²) in [6.45, 7) is 5.39. The second kappa shape index (κ2) is 4.58. The van der Waals surface area contributed by atoms with Crippen LogP contribution in [0.3, 0.4) is 0 Å². The Labute approximate surface area is 93.7 Å². The van der Waals surface area contributed by atoms with Gasteiger partial charge >= 0.3 is 0 Å². The number of amides is 1. The third-order valence-electron chi connectivity index (χ3n) is 2.50. The minimum atomic E-state index is -1.40. The van der Waals surface area contributed by atoms with Gasteiger partial charge in [-0.1, -0.05) is 5.16 Å². The topological polar surface area (TPSA) is 86.5 Å². The molecular formula is C9H16N4O3. The van der Waals surface area contributed by atoms with E-state index in [1.54, 1.807) is 20.8 Å². The van der Waals surface area contributed by atoms with Crippen LogP contribution in [-0.2, 0) is 9.63 Å². The lowest BCUT2D eigenvalue weighted by molar-refractivity contribution is -0.133. The van der Waals surface area contributed by atoms with Crippen LogP contribution in [0.5, 0.6) is 0 Å². The van der Waals surface area contributed by atoms with Gasteiger partial charge in [0.2, 0.25) is 5.54 Å². The number of hydrogen-bond acceptors (Lipinski definition) is 6. The molecule has 0 aromatic carbocycles. The Morgan fingerprint density at radius 2 is 2.38 bits per heavy atom. The molecular weight excluding hydrogens is 212 g/mol. The molecule has 7 heteroatoms. The van der Waals surface area contributed by atoms with Gasteiger partial charge < -0.3 is 10.0 Å². The molecule has 1 amide bonds. The van der Waals surface area contributed by atoms with Crippen molar-refractivity contribution in [3.63, 3.8) is 0 Å².